The molecule has 1 amide bonds. The van der Waals surface area contributed by atoms with Gasteiger partial charge in [-0.05, 0) is 49.6 Å². The van der Waals surface area contributed by atoms with E-state index in [0.717, 1.165) is 42.0 Å². The Bertz CT molecular complexity index is 993. The predicted octanol–water partition coefficient (Wildman–Crippen LogP) is 4.52. The Morgan fingerprint density at radius 2 is 1.96 bits per heavy atom. The second-order valence-electron chi connectivity index (χ2n) is 7.02. The molecule has 0 aliphatic carbocycles. The summed E-state index contributed by atoms with van der Waals surface area (Å²) in [5.74, 6) is 0.874. The summed E-state index contributed by atoms with van der Waals surface area (Å²) >= 11 is 6.24. The number of aryl methyl sites for hydroxylation is 1. The first kappa shape index (κ1) is 18.6. The van der Waals surface area contributed by atoms with Gasteiger partial charge in [-0.2, -0.15) is 0 Å². The van der Waals surface area contributed by atoms with E-state index < -0.39 is 0 Å². The minimum absolute atomic E-state index is 0.0217. The molecule has 3 aromatic rings. The molecule has 1 fully saturated rings. The molecule has 0 radical (unpaired) electrons. The highest BCUT2D eigenvalue weighted by atomic mass is 35.5. The molecular formula is C22H21ClN4O. The molecule has 5 nitrogen and oxygen atoms in total. The van der Waals surface area contributed by atoms with E-state index in [1.54, 1.807) is 24.5 Å². The number of likely N-dealkylation sites (tertiary alicyclic amines) is 1. The molecule has 1 aliphatic rings. The minimum atomic E-state index is -0.0217. The molecule has 1 aliphatic heterocycles. The Morgan fingerprint density at radius 3 is 2.75 bits per heavy atom. The summed E-state index contributed by atoms with van der Waals surface area (Å²) in [5, 5.41) is 0.491. The van der Waals surface area contributed by atoms with Gasteiger partial charge in [-0.15, -0.1) is 0 Å². The lowest BCUT2D eigenvalue weighted by atomic mass is 9.89. The van der Waals surface area contributed by atoms with Gasteiger partial charge in [0.05, 0.1) is 16.3 Å². The molecule has 0 saturated carbocycles. The molecule has 1 atom stereocenters. The normalized spacial score (nSPS) is 16.8. The SMILES string of the molecule is Cc1ncc(-c2ccncc2)c(C2CCCN(C(=O)c3ccccc3Cl)C2)n1. The van der Waals surface area contributed by atoms with Gasteiger partial charge in [0, 0.05) is 43.2 Å². The lowest BCUT2D eigenvalue weighted by Gasteiger charge is -2.33. The van der Waals surface area contributed by atoms with E-state index in [4.69, 9.17) is 16.6 Å². The molecule has 6 heteroatoms. The predicted molar refractivity (Wildman–Crippen MR) is 109 cm³/mol. The van der Waals surface area contributed by atoms with Crippen molar-refractivity contribution >= 4 is 17.5 Å². The number of rotatable bonds is 3. The van der Waals surface area contributed by atoms with Gasteiger partial charge < -0.3 is 4.90 Å². The van der Waals surface area contributed by atoms with E-state index in [1.165, 1.54) is 0 Å². The number of benzene rings is 1. The fourth-order valence-corrected chi connectivity index (χ4v) is 3.96. The molecule has 4 rings (SSSR count). The summed E-state index contributed by atoms with van der Waals surface area (Å²) in [7, 11) is 0. The number of piperidine rings is 1. The summed E-state index contributed by atoms with van der Waals surface area (Å²) in [6.45, 7) is 3.25. The molecule has 2 aromatic heterocycles. The Balaban J connectivity index is 1.65. The smallest absolute Gasteiger partial charge is 0.255 e. The van der Waals surface area contributed by atoms with Crippen LogP contribution in [0.25, 0.3) is 11.1 Å². The number of pyridine rings is 1. The first-order valence-electron chi connectivity index (χ1n) is 9.41. The van der Waals surface area contributed by atoms with Crippen LogP contribution in [0.15, 0.2) is 55.0 Å². The lowest BCUT2D eigenvalue weighted by Crippen LogP contribution is -2.39. The highest BCUT2D eigenvalue weighted by molar-refractivity contribution is 6.33. The van der Waals surface area contributed by atoms with Gasteiger partial charge >= 0.3 is 0 Å². The molecule has 0 spiro atoms. The molecule has 28 heavy (non-hydrogen) atoms. The number of aromatic nitrogens is 3. The van der Waals surface area contributed by atoms with Crippen LogP contribution in [0.3, 0.4) is 0 Å². The highest BCUT2D eigenvalue weighted by Gasteiger charge is 2.29. The van der Waals surface area contributed by atoms with Gasteiger partial charge in [-0.1, -0.05) is 23.7 Å². The number of hydrogen-bond acceptors (Lipinski definition) is 4. The van der Waals surface area contributed by atoms with E-state index in [1.807, 2.05) is 42.3 Å². The number of hydrogen-bond donors (Lipinski definition) is 0. The van der Waals surface area contributed by atoms with E-state index in [0.29, 0.717) is 17.1 Å². The minimum Gasteiger partial charge on any atom is -0.338 e. The molecule has 3 heterocycles. The van der Waals surface area contributed by atoms with Crippen LogP contribution in [0.2, 0.25) is 5.02 Å². The summed E-state index contributed by atoms with van der Waals surface area (Å²) in [6, 6.07) is 11.1. The standard InChI is InChI=1S/C22H21ClN4O/c1-15-25-13-19(16-8-10-24-11-9-16)21(26-15)17-5-4-12-27(14-17)22(28)18-6-2-3-7-20(18)23/h2-3,6-11,13,17H,4-5,12,14H2,1H3. The van der Waals surface area contributed by atoms with Crippen molar-refractivity contribution in [3.8, 4) is 11.1 Å². The van der Waals surface area contributed by atoms with Crippen LogP contribution in [-0.4, -0.2) is 38.8 Å². The lowest BCUT2D eigenvalue weighted by molar-refractivity contribution is 0.0706. The van der Waals surface area contributed by atoms with E-state index >= 15 is 0 Å². The van der Waals surface area contributed by atoms with Gasteiger partial charge in [0.25, 0.3) is 5.91 Å². The fourth-order valence-electron chi connectivity index (χ4n) is 3.74. The van der Waals surface area contributed by atoms with Crippen LogP contribution in [-0.2, 0) is 0 Å². The number of nitrogens with zero attached hydrogens (tertiary/aromatic N) is 4. The second-order valence-corrected chi connectivity index (χ2v) is 7.43. The third kappa shape index (κ3) is 3.76. The summed E-state index contributed by atoms with van der Waals surface area (Å²) < 4.78 is 0. The summed E-state index contributed by atoms with van der Waals surface area (Å²) in [4.78, 5) is 28.2. The van der Waals surface area contributed by atoms with Gasteiger partial charge in [0.2, 0.25) is 0 Å². The van der Waals surface area contributed by atoms with Crippen molar-refractivity contribution in [2.24, 2.45) is 0 Å². The van der Waals surface area contributed by atoms with Crippen molar-refractivity contribution in [3.05, 3.63) is 77.1 Å². The molecule has 0 bridgehead atoms. The maximum atomic E-state index is 13.0. The average Bonchev–Trinajstić information content (AvgIpc) is 2.74. The third-order valence-electron chi connectivity index (χ3n) is 5.13. The van der Waals surface area contributed by atoms with Crippen molar-refractivity contribution in [1.29, 1.82) is 0 Å². The fraction of sp³-hybridized carbons (Fsp3) is 0.273. The zero-order valence-electron chi connectivity index (χ0n) is 15.7. The van der Waals surface area contributed by atoms with Gasteiger partial charge in [-0.25, -0.2) is 9.97 Å². The average molecular weight is 393 g/mol. The highest BCUT2D eigenvalue weighted by Crippen LogP contribution is 2.33. The largest absolute Gasteiger partial charge is 0.338 e. The van der Waals surface area contributed by atoms with Crippen molar-refractivity contribution < 1.29 is 4.79 Å². The van der Waals surface area contributed by atoms with E-state index in [2.05, 4.69) is 9.97 Å². The van der Waals surface area contributed by atoms with Gasteiger partial charge in [0.15, 0.2) is 0 Å². The van der Waals surface area contributed by atoms with Crippen LogP contribution >= 0.6 is 11.6 Å². The Morgan fingerprint density at radius 1 is 1.18 bits per heavy atom. The monoisotopic (exact) mass is 392 g/mol. The molecular weight excluding hydrogens is 372 g/mol. The van der Waals surface area contributed by atoms with Crippen molar-refractivity contribution in [2.75, 3.05) is 13.1 Å². The number of amides is 1. The maximum absolute atomic E-state index is 13.0. The van der Waals surface area contributed by atoms with Crippen LogP contribution in [0, 0.1) is 6.92 Å². The Hall–Kier alpha value is -2.79. The van der Waals surface area contributed by atoms with Crippen LogP contribution in [0.4, 0.5) is 0 Å². The topological polar surface area (TPSA) is 59.0 Å². The quantitative estimate of drug-likeness (QED) is 0.657. The number of carbonyl (C=O) groups is 1. The molecule has 0 N–H and O–H groups in total. The number of carbonyl (C=O) groups excluding carboxylic acids is 1. The van der Waals surface area contributed by atoms with Crippen molar-refractivity contribution in [3.63, 3.8) is 0 Å². The second kappa shape index (κ2) is 8.07. The van der Waals surface area contributed by atoms with Crippen LogP contribution in [0.1, 0.15) is 40.6 Å². The van der Waals surface area contributed by atoms with Crippen LogP contribution in [0.5, 0.6) is 0 Å². The Labute approximate surface area is 169 Å². The first-order chi connectivity index (χ1) is 13.6. The summed E-state index contributed by atoms with van der Waals surface area (Å²) in [5.41, 5.74) is 3.60. The van der Waals surface area contributed by atoms with Crippen LogP contribution < -0.4 is 0 Å². The van der Waals surface area contributed by atoms with Crippen molar-refractivity contribution in [2.45, 2.75) is 25.7 Å². The third-order valence-corrected chi connectivity index (χ3v) is 5.46. The zero-order chi connectivity index (χ0) is 19.5. The van der Waals surface area contributed by atoms with Crippen molar-refractivity contribution in [1.82, 2.24) is 19.9 Å². The van der Waals surface area contributed by atoms with E-state index in [9.17, 15) is 4.79 Å². The Kier molecular flexibility index (Phi) is 5.35. The molecule has 1 saturated heterocycles. The maximum Gasteiger partial charge on any atom is 0.255 e. The van der Waals surface area contributed by atoms with E-state index in [-0.39, 0.29) is 11.8 Å². The van der Waals surface area contributed by atoms with Gasteiger partial charge in [0.1, 0.15) is 5.82 Å². The molecule has 142 valence electrons. The summed E-state index contributed by atoms with van der Waals surface area (Å²) in [6.07, 6.45) is 7.34. The molecule has 1 aromatic carbocycles. The first-order valence-corrected chi connectivity index (χ1v) is 9.79. The zero-order valence-corrected chi connectivity index (χ0v) is 16.4. The molecule has 1 unspecified atom stereocenters. The number of halogens is 1. The van der Waals surface area contributed by atoms with Gasteiger partial charge in [-0.3, -0.25) is 9.78 Å².